The van der Waals surface area contributed by atoms with E-state index in [1.807, 2.05) is 13.8 Å². The molecule has 0 aliphatic carbocycles. The van der Waals surface area contributed by atoms with Gasteiger partial charge in [-0.3, -0.25) is 4.79 Å². The van der Waals surface area contributed by atoms with Crippen molar-refractivity contribution in [3.05, 3.63) is 16.5 Å². The van der Waals surface area contributed by atoms with Crippen LogP contribution in [-0.4, -0.2) is 28.5 Å². The van der Waals surface area contributed by atoms with Crippen LogP contribution in [0.1, 0.15) is 45.0 Å². The fourth-order valence-electron chi connectivity index (χ4n) is 1.68. The van der Waals surface area contributed by atoms with E-state index in [1.165, 1.54) is 0 Å². The minimum absolute atomic E-state index is 0.0435. The summed E-state index contributed by atoms with van der Waals surface area (Å²) in [4.78, 5) is 20.5. The summed E-state index contributed by atoms with van der Waals surface area (Å²) in [6.45, 7) is 8.40. The molecular weight excluding hydrogens is 276 g/mol. The highest BCUT2D eigenvalue weighted by Crippen LogP contribution is 2.21. The lowest BCUT2D eigenvalue weighted by atomic mass is 10.2. The van der Waals surface area contributed by atoms with E-state index in [0.717, 1.165) is 24.8 Å². The van der Waals surface area contributed by atoms with Crippen molar-refractivity contribution in [3.63, 3.8) is 0 Å². The normalized spacial score (nSPS) is 12.1. The van der Waals surface area contributed by atoms with Gasteiger partial charge in [0.25, 0.3) is 0 Å². The number of halogens is 1. The summed E-state index contributed by atoms with van der Waals surface area (Å²) in [6, 6.07) is -0.360. The first-order valence-corrected chi connectivity index (χ1v) is 7.44. The largest absolute Gasteiger partial charge is 0.358 e. The summed E-state index contributed by atoms with van der Waals surface area (Å²) >= 11 is 6.11. The zero-order valence-electron chi connectivity index (χ0n) is 12.6. The minimum Gasteiger partial charge on any atom is -0.358 e. The first kappa shape index (κ1) is 16.7. The van der Waals surface area contributed by atoms with Crippen molar-refractivity contribution in [2.45, 2.75) is 53.0 Å². The van der Waals surface area contributed by atoms with E-state index in [0.29, 0.717) is 23.3 Å². The van der Waals surface area contributed by atoms with E-state index in [9.17, 15) is 4.79 Å². The van der Waals surface area contributed by atoms with Gasteiger partial charge in [0.1, 0.15) is 22.8 Å². The molecule has 0 saturated carbocycles. The first-order chi connectivity index (χ1) is 9.49. The Hall–Kier alpha value is -1.36. The molecule has 1 rings (SSSR count). The average molecular weight is 299 g/mol. The Bertz CT molecular complexity index is 465. The third-order valence-electron chi connectivity index (χ3n) is 2.90. The van der Waals surface area contributed by atoms with Crippen molar-refractivity contribution in [2.24, 2.45) is 0 Å². The van der Waals surface area contributed by atoms with Crippen LogP contribution in [0.25, 0.3) is 0 Å². The molecule has 1 aromatic heterocycles. The topological polar surface area (TPSA) is 66.9 Å². The first-order valence-electron chi connectivity index (χ1n) is 7.06. The van der Waals surface area contributed by atoms with E-state index in [2.05, 4.69) is 27.5 Å². The molecule has 1 aromatic rings. The molecule has 0 radical (unpaired) electrons. The summed E-state index contributed by atoms with van der Waals surface area (Å²) in [5, 5.41) is 6.40. The summed E-state index contributed by atoms with van der Waals surface area (Å²) in [7, 11) is 0. The van der Waals surface area contributed by atoms with Crippen LogP contribution in [-0.2, 0) is 11.2 Å². The van der Waals surface area contributed by atoms with Gasteiger partial charge in [0, 0.05) is 18.5 Å². The number of aromatic nitrogens is 2. The molecule has 1 atom stereocenters. The number of hydrogen-bond donors (Lipinski definition) is 2. The van der Waals surface area contributed by atoms with Crippen molar-refractivity contribution >= 4 is 23.3 Å². The van der Waals surface area contributed by atoms with E-state index in [-0.39, 0.29) is 11.9 Å². The lowest BCUT2D eigenvalue weighted by Crippen LogP contribution is -2.38. The Morgan fingerprint density at radius 3 is 2.60 bits per heavy atom. The maximum atomic E-state index is 11.9. The summed E-state index contributed by atoms with van der Waals surface area (Å²) in [5.41, 5.74) is 0.765. The maximum Gasteiger partial charge on any atom is 0.242 e. The van der Waals surface area contributed by atoms with Gasteiger partial charge in [-0.05, 0) is 26.7 Å². The van der Waals surface area contributed by atoms with Crippen LogP contribution < -0.4 is 10.6 Å². The number of rotatable bonds is 7. The van der Waals surface area contributed by atoms with Crippen LogP contribution >= 0.6 is 11.6 Å². The second kappa shape index (κ2) is 8.04. The van der Waals surface area contributed by atoms with Gasteiger partial charge in [-0.1, -0.05) is 25.4 Å². The van der Waals surface area contributed by atoms with E-state index < -0.39 is 0 Å². The van der Waals surface area contributed by atoms with Gasteiger partial charge >= 0.3 is 0 Å². The predicted molar refractivity (Wildman–Crippen MR) is 82.2 cm³/mol. The summed E-state index contributed by atoms with van der Waals surface area (Å²) < 4.78 is 0. The molecular formula is C14H23ClN4O. The molecule has 1 unspecified atom stereocenters. The van der Waals surface area contributed by atoms with Gasteiger partial charge < -0.3 is 10.6 Å². The number of anilines is 1. The van der Waals surface area contributed by atoms with Gasteiger partial charge in [-0.25, -0.2) is 9.97 Å². The van der Waals surface area contributed by atoms with Crippen molar-refractivity contribution in [1.29, 1.82) is 0 Å². The van der Waals surface area contributed by atoms with Gasteiger partial charge in [-0.15, -0.1) is 0 Å². The molecule has 0 aromatic carbocycles. The minimum atomic E-state index is -0.360. The third-order valence-corrected chi connectivity index (χ3v) is 3.27. The fourth-order valence-corrected chi connectivity index (χ4v) is 1.87. The molecule has 1 heterocycles. The number of hydrogen-bond acceptors (Lipinski definition) is 4. The number of carbonyl (C=O) groups is 1. The second-order valence-electron chi connectivity index (χ2n) is 4.81. The molecule has 0 aliphatic rings. The molecule has 5 nitrogen and oxygen atoms in total. The van der Waals surface area contributed by atoms with E-state index in [4.69, 9.17) is 11.6 Å². The SMILES string of the molecule is CCCNC(=O)C(C)Nc1nc(CCC)nc(Cl)c1C. The van der Waals surface area contributed by atoms with Gasteiger partial charge in [0.2, 0.25) is 5.91 Å². The van der Waals surface area contributed by atoms with Crippen molar-refractivity contribution in [1.82, 2.24) is 15.3 Å². The maximum absolute atomic E-state index is 11.9. The third kappa shape index (κ3) is 4.63. The molecule has 0 fully saturated rings. The van der Waals surface area contributed by atoms with Crippen LogP contribution in [0.4, 0.5) is 5.82 Å². The molecule has 20 heavy (non-hydrogen) atoms. The summed E-state index contributed by atoms with van der Waals surface area (Å²) in [5.74, 6) is 1.29. The van der Waals surface area contributed by atoms with Crippen molar-refractivity contribution in [2.75, 3.05) is 11.9 Å². The molecule has 1 amide bonds. The quantitative estimate of drug-likeness (QED) is 0.760. The Morgan fingerprint density at radius 1 is 1.30 bits per heavy atom. The summed E-state index contributed by atoms with van der Waals surface area (Å²) in [6.07, 6.45) is 2.63. The van der Waals surface area contributed by atoms with Crippen LogP contribution in [0.15, 0.2) is 0 Å². The highest BCUT2D eigenvalue weighted by atomic mass is 35.5. The van der Waals surface area contributed by atoms with Crippen LogP contribution in [0.2, 0.25) is 5.15 Å². The van der Waals surface area contributed by atoms with E-state index in [1.54, 1.807) is 6.92 Å². The van der Waals surface area contributed by atoms with Crippen LogP contribution in [0.5, 0.6) is 0 Å². The van der Waals surface area contributed by atoms with E-state index >= 15 is 0 Å². The second-order valence-corrected chi connectivity index (χ2v) is 5.17. The number of aryl methyl sites for hydroxylation is 1. The molecule has 112 valence electrons. The Labute approximate surface area is 125 Å². The molecule has 6 heteroatoms. The Balaban J connectivity index is 2.82. The number of nitrogens with zero attached hydrogens (tertiary/aromatic N) is 2. The highest BCUT2D eigenvalue weighted by Gasteiger charge is 2.16. The fraction of sp³-hybridized carbons (Fsp3) is 0.643. The zero-order chi connectivity index (χ0) is 15.1. The van der Waals surface area contributed by atoms with Crippen molar-refractivity contribution in [3.8, 4) is 0 Å². The Morgan fingerprint density at radius 2 is 2.00 bits per heavy atom. The average Bonchev–Trinajstić information content (AvgIpc) is 2.41. The number of nitrogens with one attached hydrogen (secondary N) is 2. The molecule has 0 bridgehead atoms. The van der Waals surface area contributed by atoms with Gasteiger partial charge in [0.15, 0.2) is 0 Å². The van der Waals surface area contributed by atoms with Gasteiger partial charge in [0.05, 0.1) is 0 Å². The lowest BCUT2D eigenvalue weighted by molar-refractivity contribution is -0.121. The lowest BCUT2D eigenvalue weighted by Gasteiger charge is -2.17. The van der Waals surface area contributed by atoms with Crippen LogP contribution in [0, 0.1) is 6.92 Å². The Kier molecular flexibility index (Phi) is 6.71. The molecule has 2 N–H and O–H groups in total. The van der Waals surface area contributed by atoms with Crippen molar-refractivity contribution < 1.29 is 4.79 Å². The molecule has 0 spiro atoms. The monoisotopic (exact) mass is 298 g/mol. The zero-order valence-corrected chi connectivity index (χ0v) is 13.3. The molecule has 0 saturated heterocycles. The predicted octanol–water partition coefficient (Wildman–Crippen LogP) is 2.72. The molecule has 0 aliphatic heterocycles. The highest BCUT2D eigenvalue weighted by molar-refractivity contribution is 6.30. The smallest absolute Gasteiger partial charge is 0.242 e. The van der Waals surface area contributed by atoms with Crippen LogP contribution in [0.3, 0.4) is 0 Å². The standard InChI is InChI=1S/C14H23ClN4O/c1-5-7-11-18-12(15)9(3)13(19-11)17-10(4)14(20)16-8-6-2/h10H,5-8H2,1-4H3,(H,16,20)(H,17,18,19). The number of amides is 1. The number of carbonyl (C=O) groups excluding carboxylic acids is 1. The van der Waals surface area contributed by atoms with Gasteiger partial charge in [-0.2, -0.15) is 0 Å².